The summed E-state index contributed by atoms with van der Waals surface area (Å²) in [5, 5.41) is 43.4. The number of rotatable bonds is 43. The molecule has 0 radical (unpaired) electrons. The van der Waals surface area contributed by atoms with Gasteiger partial charge in [0.05, 0.1) is 18.8 Å². The molecule has 0 aliphatic carbocycles. The number of carbonyl (C=O) groups excluding carboxylic acids is 1. The van der Waals surface area contributed by atoms with Gasteiger partial charge >= 0.3 is 0 Å². The van der Waals surface area contributed by atoms with Crippen LogP contribution in [-0.4, -0.2) is 57.3 Å². The number of amides is 1. The number of hydrogen-bond donors (Lipinski definition) is 5. The van der Waals surface area contributed by atoms with Crippen molar-refractivity contribution in [1.29, 1.82) is 0 Å². The van der Waals surface area contributed by atoms with Crippen LogP contribution >= 0.6 is 0 Å². The van der Waals surface area contributed by atoms with Crippen LogP contribution in [0.3, 0.4) is 0 Å². The minimum atomic E-state index is -1.29. The van der Waals surface area contributed by atoms with Gasteiger partial charge in [-0.15, -0.1) is 0 Å². The quantitative estimate of drug-likeness (QED) is 0.0314. The lowest BCUT2D eigenvalue weighted by Gasteiger charge is -2.27. The lowest BCUT2D eigenvalue weighted by atomic mass is 10.00. The van der Waals surface area contributed by atoms with Crippen LogP contribution in [0.2, 0.25) is 0 Å². The molecule has 0 aliphatic rings. The first-order chi connectivity index (χ1) is 26.5. The molecule has 1 amide bonds. The van der Waals surface area contributed by atoms with Crippen LogP contribution in [-0.2, 0) is 4.79 Å². The van der Waals surface area contributed by atoms with Gasteiger partial charge in [0.2, 0.25) is 5.91 Å². The molecule has 4 atom stereocenters. The Labute approximate surface area is 335 Å². The zero-order valence-electron chi connectivity index (χ0n) is 36.0. The van der Waals surface area contributed by atoms with Crippen LogP contribution in [0.15, 0.2) is 24.3 Å². The van der Waals surface area contributed by atoms with Crippen molar-refractivity contribution in [2.24, 2.45) is 0 Å². The fraction of sp³-hybridized carbons (Fsp3) is 0.896. The summed E-state index contributed by atoms with van der Waals surface area (Å²) in [5.74, 6) is -0.629. The van der Waals surface area contributed by atoms with Crippen molar-refractivity contribution in [2.75, 3.05) is 6.61 Å². The zero-order chi connectivity index (χ0) is 39.6. The average Bonchev–Trinajstić information content (AvgIpc) is 3.18. The number of allylic oxidation sites excluding steroid dienone is 4. The zero-order valence-corrected chi connectivity index (χ0v) is 36.0. The van der Waals surface area contributed by atoms with Crippen LogP contribution in [0, 0.1) is 0 Å². The predicted octanol–water partition coefficient (Wildman–Crippen LogP) is 12.7. The maximum absolute atomic E-state index is 12.4. The van der Waals surface area contributed by atoms with Crippen LogP contribution < -0.4 is 5.32 Å². The minimum absolute atomic E-state index is 0.278. The Balaban J connectivity index is 3.58. The van der Waals surface area contributed by atoms with Crippen molar-refractivity contribution in [3.63, 3.8) is 0 Å². The lowest BCUT2D eigenvalue weighted by molar-refractivity contribution is -0.132. The summed E-state index contributed by atoms with van der Waals surface area (Å²) in [7, 11) is 0. The predicted molar refractivity (Wildman–Crippen MR) is 233 cm³/mol. The Morgan fingerprint density at radius 2 is 0.759 bits per heavy atom. The van der Waals surface area contributed by atoms with Crippen LogP contribution in [0.5, 0.6) is 0 Å². The monoisotopic (exact) mass is 764 g/mol. The Bertz CT molecular complexity index is 817. The normalized spacial score (nSPS) is 14.3. The standard InChI is InChI=1S/C48H93NO5/c1-3-5-7-9-11-13-14-15-16-17-18-19-20-21-22-23-24-25-26-27-28-29-30-31-32-33-34-36-37-39-41-45(51)47(53)44(43-50)49-48(54)46(52)42-40-38-35-12-10-8-6-4-2/h34-36,38,44-47,50-53H,3-33,37,39-43H2,1-2H3,(H,49,54)/b36-34+,38-35-. The highest BCUT2D eigenvalue weighted by molar-refractivity contribution is 5.80. The molecule has 6 nitrogen and oxygen atoms in total. The van der Waals surface area contributed by atoms with Gasteiger partial charge in [-0.05, 0) is 57.8 Å². The average molecular weight is 764 g/mol. The summed E-state index contributed by atoms with van der Waals surface area (Å²) >= 11 is 0. The van der Waals surface area contributed by atoms with E-state index in [9.17, 15) is 25.2 Å². The molecule has 4 unspecified atom stereocenters. The molecule has 0 aromatic heterocycles. The highest BCUT2D eigenvalue weighted by Gasteiger charge is 2.28. The molecule has 0 aromatic rings. The Morgan fingerprint density at radius 1 is 0.444 bits per heavy atom. The van der Waals surface area contributed by atoms with E-state index in [0.717, 1.165) is 25.7 Å². The van der Waals surface area contributed by atoms with Gasteiger partial charge in [0.25, 0.3) is 0 Å². The van der Waals surface area contributed by atoms with Gasteiger partial charge in [-0.25, -0.2) is 0 Å². The number of hydrogen-bond acceptors (Lipinski definition) is 5. The lowest BCUT2D eigenvalue weighted by Crippen LogP contribution is -2.53. The van der Waals surface area contributed by atoms with E-state index in [1.54, 1.807) is 0 Å². The van der Waals surface area contributed by atoms with E-state index >= 15 is 0 Å². The van der Waals surface area contributed by atoms with Gasteiger partial charge in [-0.3, -0.25) is 4.79 Å². The molecule has 0 fully saturated rings. The molecule has 0 bridgehead atoms. The first-order valence-electron chi connectivity index (χ1n) is 23.7. The molecule has 320 valence electrons. The van der Waals surface area contributed by atoms with Crippen molar-refractivity contribution < 1.29 is 25.2 Å². The Hall–Kier alpha value is -1.21. The van der Waals surface area contributed by atoms with Gasteiger partial charge in [-0.1, -0.05) is 212 Å². The van der Waals surface area contributed by atoms with Crippen molar-refractivity contribution in [3.8, 4) is 0 Å². The van der Waals surface area contributed by atoms with E-state index < -0.39 is 36.9 Å². The molecule has 0 rings (SSSR count). The molecule has 0 aromatic carbocycles. The van der Waals surface area contributed by atoms with E-state index in [1.165, 1.54) is 180 Å². The van der Waals surface area contributed by atoms with E-state index in [2.05, 4.69) is 37.4 Å². The fourth-order valence-corrected chi connectivity index (χ4v) is 7.35. The SMILES string of the molecule is CCCCCC/C=C\CCC(O)C(=O)NC(CO)C(O)C(O)CCC/C=C/CCCCCCCCCCCCCCCCCCCCCCCCCCC. The van der Waals surface area contributed by atoms with Crippen LogP contribution in [0.4, 0.5) is 0 Å². The summed E-state index contributed by atoms with van der Waals surface area (Å²) < 4.78 is 0. The number of aliphatic hydroxyl groups is 4. The molecule has 5 N–H and O–H groups in total. The smallest absolute Gasteiger partial charge is 0.249 e. The van der Waals surface area contributed by atoms with Gasteiger partial charge in [-0.2, -0.15) is 0 Å². The minimum Gasteiger partial charge on any atom is -0.394 e. The number of aliphatic hydroxyl groups excluding tert-OH is 4. The molecule has 0 saturated heterocycles. The van der Waals surface area contributed by atoms with Crippen LogP contribution in [0.1, 0.15) is 245 Å². The maximum Gasteiger partial charge on any atom is 0.249 e. The summed E-state index contributed by atoms with van der Waals surface area (Å²) in [6.45, 7) is 3.98. The number of unbranched alkanes of at least 4 members (excludes halogenated alkanes) is 30. The molecule has 6 heteroatoms. The van der Waals surface area contributed by atoms with Gasteiger partial charge in [0.15, 0.2) is 0 Å². The van der Waals surface area contributed by atoms with Crippen molar-refractivity contribution in [1.82, 2.24) is 5.32 Å². The number of nitrogens with one attached hydrogen (secondary N) is 1. The van der Waals surface area contributed by atoms with Crippen molar-refractivity contribution in [3.05, 3.63) is 24.3 Å². The van der Waals surface area contributed by atoms with Crippen molar-refractivity contribution >= 4 is 5.91 Å². The molecule has 0 heterocycles. The first kappa shape index (κ1) is 52.8. The second-order valence-electron chi connectivity index (χ2n) is 16.4. The Morgan fingerprint density at radius 3 is 1.13 bits per heavy atom. The van der Waals surface area contributed by atoms with E-state index in [4.69, 9.17) is 0 Å². The summed E-state index contributed by atoms with van der Waals surface area (Å²) in [6, 6.07) is -1.01. The van der Waals surface area contributed by atoms with E-state index in [0.29, 0.717) is 19.3 Å². The molecular formula is C48H93NO5. The fourth-order valence-electron chi connectivity index (χ4n) is 7.35. The molecule has 0 aliphatic heterocycles. The molecular weight excluding hydrogens is 671 g/mol. The third-order valence-electron chi connectivity index (χ3n) is 11.1. The van der Waals surface area contributed by atoms with E-state index in [1.807, 2.05) is 6.08 Å². The van der Waals surface area contributed by atoms with Gasteiger partial charge in [0, 0.05) is 0 Å². The first-order valence-corrected chi connectivity index (χ1v) is 23.7. The summed E-state index contributed by atoms with van der Waals surface area (Å²) in [4.78, 5) is 12.4. The number of carbonyl (C=O) groups is 1. The topological polar surface area (TPSA) is 110 Å². The highest BCUT2D eigenvalue weighted by Crippen LogP contribution is 2.17. The second-order valence-corrected chi connectivity index (χ2v) is 16.4. The maximum atomic E-state index is 12.4. The van der Waals surface area contributed by atoms with Crippen molar-refractivity contribution in [2.45, 2.75) is 269 Å². The Kier molecular flexibility index (Phi) is 42.0. The largest absolute Gasteiger partial charge is 0.394 e. The third kappa shape index (κ3) is 36.4. The van der Waals surface area contributed by atoms with Gasteiger partial charge in [0.1, 0.15) is 12.2 Å². The third-order valence-corrected chi connectivity index (χ3v) is 11.1. The molecule has 0 spiro atoms. The van der Waals surface area contributed by atoms with Gasteiger partial charge < -0.3 is 25.7 Å². The van der Waals surface area contributed by atoms with Crippen LogP contribution in [0.25, 0.3) is 0 Å². The molecule has 0 saturated carbocycles. The van der Waals surface area contributed by atoms with E-state index in [-0.39, 0.29) is 6.42 Å². The second kappa shape index (κ2) is 42.9. The summed E-state index contributed by atoms with van der Waals surface area (Å²) in [6.07, 6.45) is 49.9. The molecule has 54 heavy (non-hydrogen) atoms. The summed E-state index contributed by atoms with van der Waals surface area (Å²) in [5.41, 5.74) is 0. The highest BCUT2D eigenvalue weighted by atomic mass is 16.3.